The van der Waals surface area contributed by atoms with Gasteiger partial charge in [-0.3, -0.25) is 4.99 Å². The second-order valence-corrected chi connectivity index (χ2v) is 4.12. The third-order valence-corrected chi connectivity index (χ3v) is 2.70. The molecule has 4 nitrogen and oxygen atoms in total. The van der Waals surface area contributed by atoms with Crippen molar-refractivity contribution < 1.29 is 4.74 Å². The van der Waals surface area contributed by atoms with Gasteiger partial charge in [0, 0.05) is 12.6 Å². The van der Waals surface area contributed by atoms with Gasteiger partial charge in [-0.1, -0.05) is 11.6 Å². The summed E-state index contributed by atoms with van der Waals surface area (Å²) in [6.07, 6.45) is 6.68. The molecule has 2 aliphatic rings. The molecular formula is C11H20IN3O. The van der Waals surface area contributed by atoms with Crippen LogP contribution in [0.2, 0.25) is 0 Å². The molecule has 0 radical (unpaired) electrons. The molecule has 0 amide bonds. The number of nitrogens with zero attached hydrogens (tertiary/aromatic N) is 1. The van der Waals surface area contributed by atoms with Crippen molar-refractivity contribution >= 4 is 29.9 Å². The predicted molar refractivity (Wildman–Crippen MR) is 76.2 cm³/mol. The minimum absolute atomic E-state index is 0. The Kier molecular flexibility index (Phi) is 6.12. The van der Waals surface area contributed by atoms with Gasteiger partial charge in [-0.05, 0) is 25.7 Å². The molecule has 1 heterocycles. The molecule has 0 bridgehead atoms. The van der Waals surface area contributed by atoms with E-state index in [1.54, 1.807) is 0 Å². The van der Waals surface area contributed by atoms with Gasteiger partial charge in [0.05, 0.1) is 13.2 Å². The summed E-state index contributed by atoms with van der Waals surface area (Å²) in [6, 6.07) is 0.594. The minimum atomic E-state index is 0. The lowest BCUT2D eigenvalue weighted by Crippen LogP contribution is -2.33. The molecule has 0 unspecified atom stereocenters. The summed E-state index contributed by atoms with van der Waals surface area (Å²) in [5.41, 5.74) is 7.17. The molecule has 0 saturated heterocycles. The average Bonchev–Trinajstić information content (AvgIpc) is 3.03. The molecule has 5 heteroatoms. The maximum absolute atomic E-state index is 5.72. The summed E-state index contributed by atoms with van der Waals surface area (Å²) in [7, 11) is 0. The van der Waals surface area contributed by atoms with E-state index in [0.29, 0.717) is 12.0 Å². The zero-order chi connectivity index (χ0) is 10.5. The van der Waals surface area contributed by atoms with Crippen LogP contribution in [-0.4, -0.2) is 31.8 Å². The number of guanidine groups is 1. The van der Waals surface area contributed by atoms with Crippen molar-refractivity contribution in [2.75, 3.05) is 19.8 Å². The van der Waals surface area contributed by atoms with Crippen LogP contribution in [0.5, 0.6) is 0 Å². The second-order valence-electron chi connectivity index (χ2n) is 4.12. The minimum Gasteiger partial charge on any atom is -0.377 e. The third kappa shape index (κ3) is 5.16. The van der Waals surface area contributed by atoms with Crippen LogP contribution < -0.4 is 11.1 Å². The standard InChI is InChI=1S/C11H19N3O.HI/c12-11(14-10-1-2-10)13-6-3-9-4-7-15-8-5-9;/h4,10H,1-3,5-8H2,(H3,12,13,14);1H. The monoisotopic (exact) mass is 337 g/mol. The average molecular weight is 337 g/mol. The summed E-state index contributed by atoms with van der Waals surface area (Å²) in [5, 5.41) is 3.18. The molecule has 3 N–H and O–H groups in total. The van der Waals surface area contributed by atoms with E-state index in [2.05, 4.69) is 16.4 Å². The number of halogens is 1. The Morgan fingerprint density at radius 3 is 3.00 bits per heavy atom. The number of hydrogen-bond donors (Lipinski definition) is 2. The second kappa shape index (κ2) is 7.11. The lowest BCUT2D eigenvalue weighted by Gasteiger charge is -2.12. The molecular weight excluding hydrogens is 317 g/mol. The van der Waals surface area contributed by atoms with Gasteiger partial charge >= 0.3 is 0 Å². The Balaban J connectivity index is 0.00000128. The van der Waals surface area contributed by atoms with Gasteiger partial charge in [0.2, 0.25) is 0 Å². The SMILES string of the molecule is I.NC(=NCCC1=CCOCC1)NC1CC1. The van der Waals surface area contributed by atoms with Gasteiger partial charge in [-0.15, -0.1) is 24.0 Å². The van der Waals surface area contributed by atoms with Gasteiger partial charge in [0.25, 0.3) is 0 Å². The van der Waals surface area contributed by atoms with Crippen molar-refractivity contribution in [1.82, 2.24) is 5.32 Å². The van der Waals surface area contributed by atoms with E-state index in [1.165, 1.54) is 18.4 Å². The highest BCUT2D eigenvalue weighted by Crippen LogP contribution is 2.18. The Bertz CT molecular complexity index is 274. The lowest BCUT2D eigenvalue weighted by atomic mass is 10.1. The van der Waals surface area contributed by atoms with Gasteiger partial charge in [0.15, 0.2) is 5.96 Å². The van der Waals surface area contributed by atoms with E-state index in [4.69, 9.17) is 10.5 Å². The molecule has 1 aliphatic heterocycles. The highest BCUT2D eigenvalue weighted by Gasteiger charge is 2.21. The Hall–Kier alpha value is -0.300. The smallest absolute Gasteiger partial charge is 0.188 e. The van der Waals surface area contributed by atoms with Crippen LogP contribution in [0.15, 0.2) is 16.6 Å². The van der Waals surface area contributed by atoms with E-state index < -0.39 is 0 Å². The van der Waals surface area contributed by atoms with E-state index >= 15 is 0 Å². The van der Waals surface area contributed by atoms with Crippen LogP contribution >= 0.6 is 24.0 Å². The Morgan fingerprint density at radius 1 is 1.56 bits per heavy atom. The number of aliphatic imine (C=N–C) groups is 1. The first kappa shape index (κ1) is 13.8. The van der Waals surface area contributed by atoms with Gasteiger partial charge in [-0.2, -0.15) is 0 Å². The van der Waals surface area contributed by atoms with Crippen LogP contribution in [0.25, 0.3) is 0 Å². The molecule has 16 heavy (non-hydrogen) atoms. The molecule has 1 fully saturated rings. The molecule has 1 aliphatic carbocycles. The molecule has 0 spiro atoms. The highest BCUT2D eigenvalue weighted by molar-refractivity contribution is 14.0. The van der Waals surface area contributed by atoms with Crippen molar-refractivity contribution in [3.8, 4) is 0 Å². The summed E-state index contributed by atoms with van der Waals surface area (Å²) >= 11 is 0. The predicted octanol–water partition coefficient (Wildman–Crippen LogP) is 1.41. The zero-order valence-corrected chi connectivity index (χ0v) is 11.8. The summed E-state index contributed by atoms with van der Waals surface area (Å²) in [4.78, 5) is 4.30. The maximum atomic E-state index is 5.72. The van der Waals surface area contributed by atoms with Crippen molar-refractivity contribution in [1.29, 1.82) is 0 Å². The van der Waals surface area contributed by atoms with E-state index in [1.807, 2.05) is 0 Å². The molecule has 1 saturated carbocycles. The van der Waals surface area contributed by atoms with Crippen LogP contribution in [0.3, 0.4) is 0 Å². The van der Waals surface area contributed by atoms with Crippen LogP contribution in [0, 0.1) is 0 Å². The Labute approximate surface area is 114 Å². The normalized spacial score (nSPS) is 21.0. The number of nitrogens with one attached hydrogen (secondary N) is 1. The maximum Gasteiger partial charge on any atom is 0.188 e. The fourth-order valence-corrected chi connectivity index (χ4v) is 1.59. The zero-order valence-electron chi connectivity index (χ0n) is 9.45. The first-order valence-corrected chi connectivity index (χ1v) is 5.67. The molecule has 0 aromatic rings. The molecule has 0 atom stereocenters. The van der Waals surface area contributed by atoms with E-state index in [9.17, 15) is 0 Å². The van der Waals surface area contributed by atoms with Crippen LogP contribution in [0.1, 0.15) is 25.7 Å². The Morgan fingerprint density at radius 2 is 2.38 bits per heavy atom. The number of hydrogen-bond acceptors (Lipinski definition) is 2. The highest BCUT2D eigenvalue weighted by atomic mass is 127. The van der Waals surface area contributed by atoms with Crippen LogP contribution in [0.4, 0.5) is 0 Å². The van der Waals surface area contributed by atoms with Crippen molar-refractivity contribution in [2.45, 2.75) is 31.7 Å². The summed E-state index contributed by atoms with van der Waals surface area (Å²) in [5.74, 6) is 0.602. The molecule has 2 rings (SSSR count). The largest absolute Gasteiger partial charge is 0.377 e. The fraction of sp³-hybridized carbons (Fsp3) is 0.727. The number of rotatable bonds is 4. The number of ether oxygens (including phenoxy) is 1. The molecule has 0 aromatic carbocycles. The first-order chi connectivity index (χ1) is 7.34. The lowest BCUT2D eigenvalue weighted by molar-refractivity contribution is 0.153. The van der Waals surface area contributed by atoms with Gasteiger partial charge in [0.1, 0.15) is 0 Å². The summed E-state index contributed by atoms with van der Waals surface area (Å²) in [6.45, 7) is 2.40. The van der Waals surface area contributed by atoms with Crippen LogP contribution in [-0.2, 0) is 4.74 Å². The van der Waals surface area contributed by atoms with Gasteiger partial charge < -0.3 is 15.8 Å². The fourth-order valence-electron chi connectivity index (χ4n) is 1.59. The molecule has 92 valence electrons. The summed E-state index contributed by atoms with van der Waals surface area (Å²) < 4.78 is 5.24. The van der Waals surface area contributed by atoms with Crippen molar-refractivity contribution in [3.63, 3.8) is 0 Å². The van der Waals surface area contributed by atoms with Crippen molar-refractivity contribution in [3.05, 3.63) is 11.6 Å². The number of nitrogens with two attached hydrogens (primary N) is 1. The quantitative estimate of drug-likeness (QED) is 0.353. The third-order valence-electron chi connectivity index (χ3n) is 2.70. The topological polar surface area (TPSA) is 59.6 Å². The van der Waals surface area contributed by atoms with E-state index in [0.717, 1.165) is 32.6 Å². The molecule has 0 aromatic heterocycles. The first-order valence-electron chi connectivity index (χ1n) is 5.67. The van der Waals surface area contributed by atoms with Gasteiger partial charge in [-0.25, -0.2) is 0 Å². The van der Waals surface area contributed by atoms with Crippen molar-refractivity contribution in [2.24, 2.45) is 10.7 Å². The van der Waals surface area contributed by atoms with E-state index in [-0.39, 0.29) is 24.0 Å².